The van der Waals surface area contributed by atoms with Crippen LogP contribution >= 0.6 is 0 Å². The van der Waals surface area contributed by atoms with Crippen LogP contribution in [0.2, 0.25) is 0 Å². The van der Waals surface area contributed by atoms with Crippen molar-refractivity contribution in [2.45, 2.75) is 19.4 Å². The van der Waals surface area contributed by atoms with Gasteiger partial charge >= 0.3 is 0 Å². The van der Waals surface area contributed by atoms with Crippen molar-refractivity contribution >= 4 is 17.7 Å². The fraction of sp³-hybridized carbons (Fsp3) is 0.476. The number of carbonyl (C=O) groups is 3. The maximum absolute atomic E-state index is 12.7. The number of imide groups is 1. The minimum Gasteiger partial charge on any atom is -0.330 e. The highest BCUT2D eigenvalue weighted by Crippen LogP contribution is 2.34. The number of quaternary nitrogens is 1. The van der Waals surface area contributed by atoms with E-state index in [-0.39, 0.29) is 36.1 Å². The molecular formula is C21H26N3O3+. The predicted molar refractivity (Wildman–Crippen MR) is 99.5 cm³/mol. The summed E-state index contributed by atoms with van der Waals surface area (Å²) >= 11 is 0. The Kier molecular flexibility index (Phi) is 5.07. The highest BCUT2D eigenvalue weighted by molar-refractivity contribution is 6.07. The summed E-state index contributed by atoms with van der Waals surface area (Å²) in [6, 6.07) is 10.4. The second kappa shape index (κ2) is 7.64. The third-order valence-corrected chi connectivity index (χ3v) is 6.01. The van der Waals surface area contributed by atoms with Gasteiger partial charge in [-0.25, -0.2) is 0 Å². The number of nitrogens with zero attached hydrogens (tertiary/aromatic N) is 2. The Morgan fingerprint density at radius 3 is 2.15 bits per heavy atom. The van der Waals surface area contributed by atoms with E-state index < -0.39 is 0 Å². The van der Waals surface area contributed by atoms with E-state index in [0.717, 1.165) is 19.6 Å². The molecule has 0 saturated carbocycles. The maximum Gasteiger partial charge on any atom is 0.243 e. The minimum atomic E-state index is -0.262. The van der Waals surface area contributed by atoms with Crippen LogP contribution in [-0.2, 0) is 20.9 Å². The third kappa shape index (κ3) is 3.67. The minimum absolute atomic E-state index is 0.0985. The van der Waals surface area contributed by atoms with Gasteiger partial charge in [-0.3, -0.25) is 19.3 Å². The number of hydrogen-bond acceptors (Lipinski definition) is 3. The number of amides is 3. The van der Waals surface area contributed by atoms with Crippen LogP contribution in [0, 0.1) is 11.8 Å². The first-order valence-corrected chi connectivity index (χ1v) is 9.79. The Labute approximate surface area is 159 Å². The predicted octanol–water partition coefficient (Wildman–Crippen LogP) is -0.135. The molecule has 0 bridgehead atoms. The molecule has 27 heavy (non-hydrogen) atoms. The monoisotopic (exact) mass is 368 g/mol. The number of carbonyl (C=O) groups excluding carboxylic acids is 3. The molecule has 1 aromatic rings. The van der Waals surface area contributed by atoms with Gasteiger partial charge in [-0.2, -0.15) is 0 Å². The lowest BCUT2D eigenvalue weighted by Crippen LogP contribution is -3.13. The molecule has 1 aromatic carbocycles. The summed E-state index contributed by atoms with van der Waals surface area (Å²) in [6.45, 7) is 3.98. The van der Waals surface area contributed by atoms with Crippen LogP contribution in [0.5, 0.6) is 0 Å². The zero-order chi connectivity index (χ0) is 18.8. The molecule has 0 radical (unpaired) electrons. The molecule has 1 aliphatic carbocycles. The zero-order valence-electron chi connectivity index (χ0n) is 15.5. The molecule has 6 heteroatoms. The number of allylic oxidation sites excluding steroid dienone is 2. The van der Waals surface area contributed by atoms with Gasteiger partial charge in [-0.1, -0.05) is 42.5 Å². The molecule has 0 spiro atoms. The van der Waals surface area contributed by atoms with Gasteiger partial charge in [0.25, 0.3) is 0 Å². The lowest BCUT2D eigenvalue weighted by molar-refractivity contribution is -0.917. The quantitative estimate of drug-likeness (QED) is 0.595. The SMILES string of the molecule is O=C(CN1C(=O)[C@H]2CC=CC[C@H]2C1=O)N1CC[NH+](Cc2ccccc2)CC1. The summed E-state index contributed by atoms with van der Waals surface area (Å²) in [4.78, 5) is 42.2. The van der Waals surface area contributed by atoms with Crippen molar-refractivity contribution in [1.82, 2.24) is 9.80 Å². The molecule has 2 aliphatic heterocycles. The van der Waals surface area contributed by atoms with Gasteiger partial charge in [0.15, 0.2) is 0 Å². The fourth-order valence-electron chi connectivity index (χ4n) is 4.39. The average Bonchev–Trinajstić information content (AvgIpc) is 2.94. The molecule has 3 aliphatic rings. The fourth-order valence-corrected chi connectivity index (χ4v) is 4.39. The smallest absolute Gasteiger partial charge is 0.243 e. The Morgan fingerprint density at radius 1 is 0.963 bits per heavy atom. The van der Waals surface area contributed by atoms with Crippen LogP contribution in [0.3, 0.4) is 0 Å². The molecule has 0 aromatic heterocycles. The van der Waals surface area contributed by atoms with E-state index in [0.29, 0.717) is 25.9 Å². The first kappa shape index (κ1) is 17.9. The topological polar surface area (TPSA) is 62.1 Å². The average molecular weight is 368 g/mol. The van der Waals surface area contributed by atoms with Crippen LogP contribution in [-0.4, -0.2) is 60.2 Å². The standard InChI is InChI=1S/C21H25N3O3/c25-19(15-24-20(26)17-8-4-5-9-18(17)21(24)27)23-12-10-22(11-13-23)14-16-6-2-1-3-7-16/h1-7,17-18H,8-15H2/p+1/t17-,18+. The van der Waals surface area contributed by atoms with E-state index in [4.69, 9.17) is 0 Å². The van der Waals surface area contributed by atoms with Crippen LogP contribution in [0.1, 0.15) is 18.4 Å². The molecule has 2 saturated heterocycles. The summed E-state index contributed by atoms with van der Waals surface area (Å²) in [6.07, 6.45) is 5.15. The zero-order valence-corrected chi connectivity index (χ0v) is 15.5. The number of nitrogens with one attached hydrogen (secondary N) is 1. The van der Waals surface area contributed by atoms with Gasteiger partial charge in [0.05, 0.1) is 38.0 Å². The van der Waals surface area contributed by atoms with Crippen molar-refractivity contribution in [3.63, 3.8) is 0 Å². The summed E-state index contributed by atoms with van der Waals surface area (Å²) in [5.41, 5.74) is 1.30. The van der Waals surface area contributed by atoms with E-state index in [1.807, 2.05) is 30.4 Å². The van der Waals surface area contributed by atoms with Crippen LogP contribution in [0.4, 0.5) is 0 Å². The van der Waals surface area contributed by atoms with Crippen LogP contribution < -0.4 is 4.90 Å². The van der Waals surface area contributed by atoms with Gasteiger partial charge in [-0.05, 0) is 12.8 Å². The van der Waals surface area contributed by atoms with Crippen molar-refractivity contribution in [2.24, 2.45) is 11.8 Å². The summed E-state index contributed by atoms with van der Waals surface area (Å²) < 4.78 is 0. The number of likely N-dealkylation sites (tertiary alicyclic amines) is 1. The third-order valence-electron chi connectivity index (χ3n) is 6.01. The largest absolute Gasteiger partial charge is 0.330 e. The summed E-state index contributed by atoms with van der Waals surface area (Å²) in [7, 11) is 0. The Hall–Kier alpha value is -2.47. The Balaban J connectivity index is 1.30. The van der Waals surface area contributed by atoms with Crippen molar-refractivity contribution < 1.29 is 19.3 Å². The van der Waals surface area contributed by atoms with Crippen molar-refractivity contribution in [2.75, 3.05) is 32.7 Å². The van der Waals surface area contributed by atoms with E-state index in [1.165, 1.54) is 15.4 Å². The van der Waals surface area contributed by atoms with Gasteiger partial charge in [0, 0.05) is 5.56 Å². The van der Waals surface area contributed by atoms with E-state index in [1.54, 1.807) is 4.90 Å². The van der Waals surface area contributed by atoms with E-state index in [9.17, 15) is 14.4 Å². The van der Waals surface area contributed by atoms with E-state index >= 15 is 0 Å². The lowest BCUT2D eigenvalue weighted by Gasteiger charge is -2.33. The summed E-state index contributed by atoms with van der Waals surface area (Å²) in [5.74, 6) is -0.973. The Morgan fingerprint density at radius 2 is 1.56 bits per heavy atom. The lowest BCUT2D eigenvalue weighted by atomic mass is 9.85. The number of rotatable bonds is 4. The molecule has 6 nitrogen and oxygen atoms in total. The molecule has 4 rings (SSSR count). The molecular weight excluding hydrogens is 342 g/mol. The number of benzene rings is 1. The first-order valence-electron chi connectivity index (χ1n) is 9.79. The maximum atomic E-state index is 12.7. The molecule has 142 valence electrons. The molecule has 3 amide bonds. The van der Waals surface area contributed by atoms with Crippen molar-refractivity contribution in [3.05, 3.63) is 48.0 Å². The number of fused-ring (bicyclic) bond motifs is 1. The molecule has 2 fully saturated rings. The first-order chi connectivity index (χ1) is 13.1. The summed E-state index contributed by atoms with van der Waals surface area (Å²) in [5, 5.41) is 0. The van der Waals surface area contributed by atoms with E-state index in [2.05, 4.69) is 12.1 Å². The van der Waals surface area contributed by atoms with Crippen molar-refractivity contribution in [3.8, 4) is 0 Å². The van der Waals surface area contributed by atoms with Crippen molar-refractivity contribution in [1.29, 1.82) is 0 Å². The molecule has 2 atom stereocenters. The van der Waals surface area contributed by atoms with Gasteiger partial charge < -0.3 is 9.80 Å². The molecule has 2 heterocycles. The van der Waals surface area contributed by atoms with Gasteiger partial charge in [0.2, 0.25) is 17.7 Å². The Bertz CT molecular complexity index is 727. The number of hydrogen-bond donors (Lipinski definition) is 1. The highest BCUT2D eigenvalue weighted by atomic mass is 16.2. The molecule has 1 N–H and O–H groups in total. The van der Waals surface area contributed by atoms with Gasteiger partial charge in [-0.15, -0.1) is 0 Å². The van der Waals surface area contributed by atoms with Gasteiger partial charge in [0.1, 0.15) is 13.1 Å². The van der Waals surface area contributed by atoms with Crippen LogP contribution in [0.15, 0.2) is 42.5 Å². The second-order valence-electron chi connectivity index (χ2n) is 7.71. The normalized spacial score (nSPS) is 25.8. The highest BCUT2D eigenvalue weighted by Gasteiger charge is 2.48. The van der Waals surface area contributed by atoms with Crippen LogP contribution in [0.25, 0.3) is 0 Å². The molecule has 0 unspecified atom stereocenters. The number of piperazine rings is 1. The second-order valence-corrected chi connectivity index (χ2v) is 7.71.